The van der Waals surface area contributed by atoms with E-state index in [2.05, 4.69) is 0 Å². The van der Waals surface area contributed by atoms with Crippen molar-refractivity contribution < 1.29 is 32.2 Å². The van der Waals surface area contributed by atoms with Gasteiger partial charge in [0.05, 0.1) is 19.3 Å². The first-order chi connectivity index (χ1) is 14.0. The molecule has 9 heteroatoms. The molecule has 1 aliphatic carbocycles. The number of benzene rings is 1. The van der Waals surface area contributed by atoms with Crippen LogP contribution in [0.5, 0.6) is 0 Å². The summed E-state index contributed by atoms with van der Waals surface area (Å²) in [5, 5.41) is 0. The molecule has 0 radical (unpaired) electrons. The first-order valence-corrected chi connectivity index (χ1v) is 9.98. The van der Waals surface area contributed by atoms with Crippen molar-refractivity contribution in [1.29, 1.82) is 0 Å². The van der Waals surface area contributed by atoms with Crippen molar-refractivity contribution in [2.45, 2.75) is 57.0 Å². The Kier molecular flexibility index (Phi) is 6.31. The molecule has 1 unspecified atom stereocenters. The summed E-state index contributed by atoms with van der Waals surface area (Å²) in [4.78, 5) is 26.7. The SMILES string of the molecule is CC(C)(C)OC(=O)N1CCOC(CN(C(=O)C(F)(F)F)[C@@H]2C[C@H]2c2ccccc2)C1. The predicted octanol–water partition coefficient (Wildman–Crippen LogP) is 3.57. The van der Waals surface area contributed by atoms with Crippen molar-refractivity contribution in [2.24, 2.45) is 0 Å². The normalized spacial score (nSPS) is 24.3. The molecule has 166 valence electrons. The van der Waals surface area contributed by atoms with E-state index in [4.69, 9.17) is 9.47 Å². The molecule has 1 aromatic carbocycles. The van der Waals surface area contributed by atoms with Gasteiger partial charge in [-0.05, 0) is 32.8 Å². The molecule has 2 aliphatic rings. The topological polar surface area (TPSA) is 59.1 Å². The number of hydrogen-bond donors (Lipinski definition) is 0. The molecule has 30 heavy (non-hydrogen) atoms. The monoisotopic (exact) mass is 428 g/mol. The molecule has 3 atom stereocenters. The molecule has 1 aliphatic heterocycles. The highest BCUT2D eigenvalue weighted by atomic mass is 19.4. The number of ether oxygens (including phenoxy) is 2. The third-order valence-corrected chi connectivity index (χ3v) is 5.08. The third kappa shape index (κ3) is 5.65. The van der Waals surface area contributed by atoms with Crippen LogP contribution in [0.1, 0.15) is 38.7 Å². The molecule has 1 heterocycles. The Morgan fingerprint density at radius 2 is 1.87 bits per heavy atom. The fraction of sp³-hybridized carbons (Fsp3) is 0.619. The van der Waals surface area contributed by atoms with E-state index >= 15 is 0 Å². The summed E-state index contributed by atoms with van der Waals surface area (Å²) in [6.45, 7) is 5.51. The molecule has 0 spiro atoms. The summed E-state index contributed by atoms with van der Waals surface area (Å²) in [6.07, 6.45) is -5.76. The number of halogens is 3. The largest absolute Gasteiger partial charge is 0.471 e. The lowest BCUT2D eigenvalue weighted by atomic mass is 10.1. The summed E-state index contributed by atoms with van der Waals surface area (Å²) < 4.78 is 50.7. The molecule has 0 bridgehead atoms. The molecule has 1 saturated carbocycles. The summed E-state index contributed by atoms with van der Waals surface area (Å²) in [5.74, 6) is -2.01. The number of alkyl halides is 3. The van der Waals surface area contributed by atoms with Crippen LogP contribution in [0, 0.1) is 0 Å². The van der Waals surface area contributed by atoms with Crippen LogP contribution in [0.25, 0.3) is 0 Å². The lowest BCUT2D eigenvalue weighted by Crippen LogP contribution is -2.53. The van der Waals surface area contributed by atoms with Gasteiger partial charge in [0.1, 0.15) is 5.60 Å². The molecule has 0 aromatic heterocycles. The molecular weight excluding hydrogens is 401 g/mol. The first kappa shape index (κ1) is 22.4. The average molecular weight is 428 g/mol. The van der Waals surface area contributed by atoms with Gasteiger partial charge in [0.25, 0.3) is 0 Å². The lowest BCUT2D eigenvalue weighted by molar-refractivity contribution is -0.188. The number of amides is 2. The second kappa shape index (κ2) is 8.45. The van der Waals surface area contributed by atoms with Crippen molar-refractivity contribution in [3.8, 4) is 0 Å². The molecular formula is C21H27F3N2O4. The van der Waals surface area contributed by atoms with Crippen molar-refractivity contribution in [1.82, 2.24) is 9.80 Å². The number of morpholine rings is 1. The van der Waals surface area contributed by atoms with E-state index < -0.39 is 35.9 Å². The van der Waals surface area contributed by atoms with Crippen LogP contribution in [0.2, 0.25) is 0 Å². The highest BCUT2D eigenvalue weighted by Gasteiger charge is 2.52. The molecule has 0 N–H and O–H groups in total. The fourth-order valence-corrected chi connectivity index (χ4v) is 3.66. The van der Waals surface area contributed by atoms with Crippen molar-refractivity contribution in [3.05, 3.63) is 35.9 Å². The minimum absolute atomic E-state index is 0.0687. The smallest absolute Gasteiger partial charge is 0.444 e. The zero-order valence-corrected chi connectivity index (χ0v) is 17.3. The van der Waals surface area contributed by atoms with Gasteiger partial charge in [0, 0.05) is 25.0 Å². The Labute approximate surface area is 173 Å². The number of hydrogen-bond acceptors (Lipinski definition) is 4. The summed E-state index contributed by atoms with van der Waals surface area (Å²) >= 11 is 0. The second-order valence-corrected chi connectivity index (χ2v) is 8.69. The molecule has 1 aromatic rings. The van der Waals surface area contributed by atoms with Crippen molar-refractivity contribution in [2.75, 3.05) is 26.2 Å². The quantitative estimate of drug-likeness (QED) is 0.736. The van der Waals surface area contributed by atoms with E-state index in [0.717, 1.165) is 10.5 Å². The minimum atomic E-state index is -4.97. The van der Waals surface area contributed by atoms with Crippen LogP contribution in [0.4, 0.5) is 18.0 Å². The van der Waals surface area contributed by atoms with Gasteiger partial charge in [-0.3, -0.25) is 4.79 Å². The Bertz CT molecular complexity index is 764. The van der Waals surface area contributed by atoms with E-state index in [0.29, 0.717) is 6.42 Å². The van der Waals surface area contributed by atoms with Gasteiger partial charge >= 0.3 is 18.2 Å². The summed E-state index contributed by atoms with van der Waals surface area (Å²) in [5.41, 5.74) is 0.225. The Morgan fingerprint density at radius 3 is 2.47 bits per heavy atom. The van der Waals surface area contributed by atoms with E-state index in [1.807, 2.05) is 30.3 Å². The zero-order chi connectivity index (χ0) is 22.1. The predicted molar refractivity (Wildman–Crippen MR) is 103 cm³/mol. The van der Waals surface area contributed by atoms with Gasteiger partial charge in [-0.25, -0.2) is 4.79 Å². The van der Waals surface area contributed by atoms with E-state index in [1.165, 1.54) is 4.90 Å². The first-order valence-electron chi connectivity index (χ1n) is 9.98. The van der Waals surface area contributed by atoms with E-state index in [1.54, 1.807) is 20.8 Å². The lowest BCUT2D eigenvalue weighted by Gasteiger charge is -2.36. The van der Waals surface area contributed by atoms with Crippen LogP contribution in [0.3, 0.4) is 0 Å². The Balaban J connectivity index is 1.69. The molecule has 3 rings (SSSR count). The average Bonchev–Trinajstić information content (AvgIpc) is 3.45. The van der Waals surface area contributed by atoms with E-state index in [9.17, 15) is 22.8 Å². The summed E-state index contributed by atoms with van der Waals surface area (Å²) in [7, 11) is 0. The number of carbonyl (C=O) groups is 2. The van der Waals surface area contributed by atoms with Crippen LogP contribution in [0.15, 0.2) is 30.3 Å². The van der Waals surface area contributed by atoms with Gasteiger partial charge in [-0.2, -0.15) is 13.2 Å². The minimum Gasteiger partial charge on any atom is -0.444 e. The maximum absolute atomic E-state index is 13.2. The van der Waals surface area contributed by atoms with Crippen LogP contribution >= 0.6 is 0 Å². The van der Waals surface area contributed by atoms with Crippen molar-refractivity contribution in [3.63, 3.8) is 0 Å². The van der Waals surface area contributed by atoms with Gasteiger partial charge < -0.3 is 19.3 Å². The fourth-order valence-electron chi connectivity index (χ4n) is 3.66. The second-order valence-electron chi connectivity index (χ2n) is 8.69. The van der Waals surface area contributed by atoms with Crippen molar-refractivity contribution >= 4 is 12.0 Å². The molecule has 2 fully saturated rings. The highest BCUT2D eigenvalue weighted by Crippen LogP contribution is 2.45. The van der Waals surface area contributed by atoms with Crippen LogP contribution in [-0.2, 0) is 14.3 Å². The molecule has 2 amide bonds. The number of rotatable bonds is 4. The van der Waals surface area contributed by atoms with Crippen LogP contribution < -0.4 is 0 Å². The van der Waals surface area contributed by atoms with Crippen LogP contribution in [-0.4, -0.2) is 72.0 Å². The summed E-state index contributed by atoms with van der Waals surface area (Å²) in [6, 6.07) is 8.64. The van der Waals surface area contributed by atoms with Gasteiger partial charge in [-0.15, -0.1) is 0 Å². The van der Waals surface area contributed by atoms with Gasteiger partial charge in [0.2, 0.25) is 0 Å². The maximum Gasteiger partial charge on any atom is 0.471 e. The van der Waals surface area contributed by atoms with Gasteiger partial charge in [0.15, 0.2) is 0 Å². The Morgan fingerprint density at radius 1 is 1.20 bits per heavy atom. The van der Waals surface area contributed by atoms with Gasteiger partial charge in [-0.1, -0.05) is 30.3 Å². The Hall–Kier alpha value is -2.29. The maximum atomic E-state index is 13.2. The number of carbonyl (C=O) groups excluding carboxylic acids is 2. The zero-order valence-electron chi connectivity index (χ0n) is 17.3. The molecule has 6 nitrogen and oxygen atoms in total. The van der Waals surface area contributed by atoms with E-state index in [-0.39, 0.29) is 32.2 Å². The third-order valence-electron chi connectivity index (χ3n) is 5.08. The number of nitrogens with zero attached hydrogens (tertiary/aromatic N) is 2. The molecule has 1 saturated heterocycles. The highest BCUT2D eigenvalue weighted by molar-refractivity contribution is 5.82. The standard InChI is InChI=1S/C21H27F3N2O4/c1-20(2,3)30-19(28)25-9-10-29-15(12-25)13-26(18(27)21(22,23)24)17-11-16(17)14-7-5-4-6-8-14/h4-8,15-17H,9-13H2,1-3H3/t15?,16-,17+/m0/s1.